The summed E-state index contributed by atoms with van der Waals surface area (Å²) in [6.07, 6.45) is -0.0507. The number of aliphatic hydroxyl groups is 1. The number of likely N-dealkylation sites (N-methyl/N-ethyl adjacent to an activating group) is 1. The summed E-state index contributed by atoms with van der Waals surface area (Å²) in [6, 6.07) is 4.41. The van der Waals surface area contributed by atoms with Crippen LogP contribution in [0, 0.1) is 17.7 Å². The van der Waals surface area contributed by atoms with Crippen molar-refractivity contribution in [3.63, 3.8) is 0 Å². The molecule has 1 saturated heterocycles. The summed E-state index contributed by atoms with van der Waals surface area (Å²) in [4.78, 5) is 2.27. The van der Waals surface area contributed by atoms with Gasteiger partial charge in [0.25, 0.3) is 0 Å². The average molecular weight is 293 g/mol. The topological polar surface area (TPSA) is 41.9 Å². The standard InChI is InChI=1S/C16H20FNO3/c1-2-18-7-9-20-14(11-18)12-21-16-10-13(4-3-8-19)5-6-15(16)17/h5-6,10,14,19H,2,7-9,11-12H2,1H3. The molecule has 114 valence electrons. The van der Waals surface area contributed by atoms with Crippen LogP contribution >= 0.6 is 0 Å². The lowest BCUT2D eigenvalue weighted by Gasteiger charge is -2.31. The Morgan fingerprint density at radius 3 is 3.14 bits per heavy atom. The first-order chi connectivity index (χ1) is 10.2. The summed E-state index contributed by atoms with van der Waals surface area (Å²) < 4.78 is 24.9. The Labute approximate surface area is 124 Å². The van der Waals surface area contributed by atoms with Crippen LogP contribution in [0.25, 0.3) is 0 Å². The van der Waals surface area contributed by atoms with Crippen LogP contribution in [0.5, 0.6) is 5.75 Å². The van der Waals surface area contributed by atoms with E-state index in [9.17, 15) is 4.39 Å². The zero-order chi connectivity index (χ0) is 15.1. The number of hydrogen-bond donors (Lipinski definition) is 1. The van der Waals surface area contributed by atoms with Crippen LogP contribution in [0.15, 0.2) is 18.2 Å². The van der Waals surface area contributed by atoms with Crippen molar-refractivity contribution in [1.29, 1.82) is 0 Å². The Hall–Kier alpha value is -1.61. The molecule has 1 aliphatic rings. The van der Waals surface area contributed by atoms with Crippen molar-refractivity contribution >= 4 is 0 Å². The number of hydrogen-bond acceptors (Lipinski definition) is 4. The van der Waals surface area contributed by atoms with Crippen LogP contribution in [0.3, 0.4) is 0 Å². The number of ether oxygens (including phenoxy) is 2. The highest BCUT2D eigenvalue weighted by molar-refractivity contribution is 5.40. The van der Waals surface area contributed by atoms with Gasteiger partial charge in [0.15, 0.2) is 11.6 Å². The smallest absolute Gasteiger partial charge is 0.165 e. The summed E-state index contributed by atoms with van der Waals surface area (Å²) in [5.74, 6) is 5.00. The molecule has 4 nitrogen and oxygen atoms in total. The molecule has 0 amide bonds. The number of benzene rings is 1. The van der Waals surface area contributed by atoms with E-state index in [1.807, 2.05) is 0 Å². The number of aliphatic hydroxyl groups excluding tert-OH is 1. The van der Waals surface area contributed by atoms with Crippen molar-refractivity contribution in [3.8, 4) is 17.6 Å². The van der Waals surface area contributed by atoms with Crippen molar-refractivity contribution in [3.05, 3.63) is 29.6 Å². The molecule has 1 atom stereocenters. The van der Waals surface area contributed by atoms with Crippen LogP contribution in [0.2, 0.25) is 0 Å². The molecule has 1 fully saturated rings. The van der Waals surface area contributed by atoms with E-state index in [2.05, 4.69) is 23.7 Å². The molecular formula is C16H20FNO3. The summed E-state index contributed by atoms with van der Waals surface area (Å²) in [5.41, 5.74) is 0.611. The van der Waals surface area contributed by atoms with Crippen molar-refractivity contribution in [2.45, 2.75) is 13.0 Å². The minimum atomic E-state index is -0.423. The molecule has 0 radical (unpaired) electrons. The molecule has 1 unspecified atom stereocenters. The van der Waals surface area contributed by atoms with E-state index in [4.69, 9.17) is 14.6 Å². The van der Waals surface area contributed by atoms with E-state index in [0.29, 0.717) is 18.8 Å². The lowest BCUT2D eigenvalue weighted by atomic mass is 10.2. The molecule has 0 saturated carbocycles. The minimum absolute atomic E-state index is 0.0507. The van der Waals surface area contributed by atoms with Gasteiger partial charge in [0.05, 0.1) is 6.61 Å². The van der Waals surface area contributed by atoms with Gasteiger partial charge in [-0.05, 0) is 24.7 Å². The van der Waals surface area contributed by atoms with Gasteiger partial charge in [0.2, 0.25) is 0 Å². The van der Waals surface area contributed by atoms with E-state index in [1.165, 1.54) is 6.07 Å². The zero-order valence-corrected chi connectivity index (χ0v) is 12.1. The molecule has 1 N–H and O–H groups in total. The summed E-state index contributed by atoms with van der Waals surface area (Å²) in [6.45, 7) is 5.55. The van der Waals surface area contributed by atoms with E-state index >= 15 is 0 Å². The fourth-order valence-electron chi connectivity index (χ4n) is 2.18. The van der Waals surface area contributed by atoms with Crippen molar-refractivity contribution in [2.75, 3.05) is 39.5 Å². The van der Waals surface area contributed by atoms with Gasteiger partial charge in [0.1, 0.15) is 19.3 Å². The molecule has 1 aromatic rings. The molecule has 1 aromatic carbocycles. The molecule has 1 heterocycles. The predicted molar refractivity (Wildman–Crippen MR) is 77.7 cm³/mol. The van der Waals surface area contributed by atoms with Gasteiger partial charge < -0.3 is 14.6 Å². The van der Waals surface area contributed by atoms with E-state index in [1.54, 1.807) is 12.1 Å². The predicted octanol–water partition coefficient (Wildman–Crippen LogP) is 1.27. The second kappa shape index (κ2) is 7.99. The Morgan fingerprint density at radius 2 is 2.38 bits per heavy atom. The lowest BCUT2D eigenvalue weighted by molar-refractivity contribution is -0.0468. The molecule has 0 aromatic heterocycles. The van der Waals surface area contributed by atoms with Crippen LogP contribution in [-0.2, 0) is 4.74 Å². The second-order valence-corrected chi connectivity index (χ2v) is 4.80. The minimum Gasteiger partial charge on any atom is -0.488 e. The first-order valence-electron chi connectivity index (χ1n) is 7.09. The van der Waals surface area contributed by atoms with Gasteiger partial charge in [-0.2, -0.15) is 0 Å². The van der Waals surface area contributed by atoms with Gasteiger partial charge in [0, 0.05) is 18.7 Å². The molecule has 0 aliphatic carbocycles. The maximum absolute atomic E-state index is 13.7. The zero-order valence-electron chi connectivity index (χ0n) is 12.1. The monoisotopic (exact) mass is 293 g/mol. The molecule has 21 heavy (non-hydrogen) atoms. The van der Waals surface area contributed by atoms with Crippen LogP contribution in [-0.4, -0.2) is 55.6 Å². The van der Waals surface area contributed by atoms with E-state index in [-0.39, 0.29) is 18.5 Å². The highest BCUT2D eigenvalue weighted by Crippen LogP contribution is 2.19. The van der Waals surface area contributed by atoms with Gasteiger partial charge in [-0.25, -0.2) is 4.39 Å². The molecule has 5 heteroatoms. The van der Waals surface area contributed by atoms with Gasteiger partial charge >= 0.3 is 0 Å². The van der Waals surface area contributed by atoms with E-state index < -0.39 is 5.82 Å². The van der Waals surface area contributed by atoms with Gasteiger partial charge in [-0.3, -0.25) is 4.90 Å². The fourth-order valence-corrected chi connectivity index (χ4v) is 2.18. The number of rotatable bonds is 4. The van der Waals surface area contributed by atoms with Crippen LogP contribution in [0.4, 0.5) is 4.39 Å². The third-order valence-electron chi connectivity index (χ3n) is 3.34. The van der Waals surface area contributed by atoms with Gasteiger partial charge in [-0.1, -0.05) is 18.8 Å². The summed E-state index contributed by atoms with van der Waals surface area (Å²) in [5, 5.41) is 8.67. The lowest BCUT2D eigenvalue weighted by Crippen LogP contribution is -2.44. The fraction of sp³-hybridized carbons (Fsp3) is 0.500. The van der Waals surface area contributed by atoms with Crippen LogP contribution in [0.1, 0.15) is 12.5 Å². The molecule has 0 bridgehead atoms. The molecule has 1 aliphatic heterocycles. The summed E-state index contributed by atoms with van der Waals surface area (Å²) >= 11 is 0. The Balaban J connectivity index is 1.95. The quantitative estimate of drug-likeness (QED) is 0.849. The molecule has 2 rings (SSSR count). The Bertz CT molecular complexity index is 524. The number of halogens is 1. The van der Waals surface area contributed by atoms with Crippen molar-refractivity contribution in [1.82, 2.24) is 4.90 Å². The number of morpholine rings is 1. The SMILES string of the molecule is CCN1CCOC(COc2cc(C#CCO)ccc2F)C1. The largest absolute Gasteiger partial charge is 0.488 e. The highest BCUT2D eigenvalue weighted by atomic mass is 19.1. The third-order valence-corrected chi connectivity index (χ3v) is 3.34. The maximum Gasteiger partial charge on any atom is 0.165 e. The van der Waals surface area contributed by atoms with Crippen molar-refractivity contribution < 1.29 is 19.0 Å². The van der Waals surface area contributed by atoms with E-state index in [0.717, 1.165) is 19.6 Å². The Morgan fingerprint density at radius 1 is 1.52 bits per heavy atom. The normalized spacial score (nSPS) is 18.9. The first kappa shape index (κ1) is 15.8. The first-order valence-corrected chi connectivity index (χ1v) is 7.09. The van der Waals surface area contributed by atoms with Crippen LogP contribution < -0.4 is 4.74 Å². The summed E-state index contributed by atoms with van der Waals surface area (Å²) in [7, 11) is 0. The number of nitrogens with zero attached hydrogens (tertiary/aromatic N) is 1. The molecule has 0 spiro atoms. The highest BCUT2D eigenvalue weighted by Gasteiger charge is 2.20. The maximum atomic E-state index is 13.7. The third kappa shape index (κ3) is 4.71. The molecular weight excluding hydrogens is 273 g/mol. The van der Waals surface area contributed by atoms with Crippen molar-refractivity contribution in [2.24, 2.45) is 0 Å². The van der Waals surface area contributed by atoms with Gasteiger partial charge in [-0.15, -0.1) is 0 Å². The Kier molecular flexibility index (Phi) is 6.00. The average Bonchev–Trinajstić information content (AvgIpc) is 2.53. The second-order valence-electron chi connectivity index (χ2n) is 4.80.